The fourth-order valence-electron chi connectivity index (χ4n) is 1.89. The minimum absolute atomic E-state index is 0.0992. The molecule has 20 heavy (non-hydrogen) atoms. The maximum atomic E-state index is 13.2. The predicted octanol–water partition coefficient (Wildman–Crippen LogP) is 2.49. The van der Waals surface area contributed by atoms with E-state index in [2.05, 4.69) is 4.74 Å². The zero-order valence-corrected chi connectivity index (χ0v) is 12.2. The summed E-state index contributed by atoms with van der Waals surface area (Å²) in [6, 6.07) is 5.43. The molecule has 110 valence electrons. The number of carbonyl (C=O) groups excluding carboxylic acids is 2. The van der Waals surface area contributed by atoms with Crippen LogP contribution < -0.4 is 0 Å². The highest BCUT2D eigenvalue weighted by Gasteiger charge is 2.24. The summed E-state index contributed by atoms with van der Waals surface area (Å²) in [5, 5.41) is 0. The number of amides is 1. The van der Waals surface area contributed by atoms with Gasteiger partial charge in [-0.3, -0.25) is 9.59 Å². The molecule has 0 saturated heterocycles. The fraction of sp³-hybridized carbons (Fsp3) is 0.467. The molecule has 0 aliphatic carbocycles. The molecule has 5 heteroatoms. The number of ether oxygens (including phenoxy) is 1. The lowest BCUT2D eigenvalue weighted by molar-refractivity contribution is -0.145. The summed E-state index contributed by atoms with van der Waals surface area (Å²) >= 11 is 0. The van der Waals surface area contributed by atoms with Crippen LogP contribution in [0.4, 0.5) is 4.39 Å². The molecule has 0 bridgehead atoms. The van der Waals surface area contributed by atoms with Crippen molar-refractivity contribution < 1.29 is 18.7 Å². The van der Waals surface area contributed by atoms with Crippen LogP contribution in [0.5, 0.6) is 0 Å². The molecule has 1 rings (SSSR count). The highest BCUT2D eigenvalue weighted by atomic mass is 19.1. The standard InChI is InChI=1S/C15H20FNO3/c1-10(2)17(9-11(3)15(19)20-4)14(18)12-6-5-7-13(16)8-12/h5-8,10-11H,9H2,1-4H3. The Morgan fingerprint density at radius 3 is 2.45 bits per heavy atom. The number of benzene rings is 1. The lowest BCUT2D eigenvalue weighted by Gasteiger charge is -2.28. The normalized spacial score (nSPS) is 12.1. The smallest absolute Gasteiger partial charge is 0.310 e. The quantitative estimate of drug-likeness (QED) is 0.779. The van der Waals surface area contributed by atoms with Crippen molar-refractivity contribution in [3.8, 4) is 0 Å². The Balaban J connectivity index is 2.91. The van der Waals surface area contributed by atoms with Gasteiger partial charge in [0.1, 0.15) is 5.82 Å². The van der Waals surface area contributed by atoms with Crippen molar-refractivity contribution in [1.82, 2.24) is 4.90 Å². The van der Waals surface area contributed by atoms with E-state index >= 15 is 0 Å². The average molecular weight is 281 g/mol. The first-order chi connectivity index (χ1) is 9.36. The molecule has 0 heterocycles. The Morgan fingerprint density at radius 1 is 1.30 bits per heavy atom. The average Bonchev–Trinajstić information content (AvgIpc) is 2.42. The molecular formula is C15H20FNO3. The molecule has 0 N–H and O–H groups in total. The summed E-state index contributed by atoms with van der Waals surface area (Å²) in [7, 11) is 1.31. The second-order valence-corrected chi connectivity index (χ2v) is 4.99. The van der Waals surface area contributed by atoms with Crippen molar-refractivity contribution in [2.75, 3.05) is 13.7 Å². The topological polar surface area (TPSA) is 46.6 Å². The van der Waals surface area contributed by atoms with E-state index in [0.717, 1.165) is 0 Å². The summed E-state index contributed by atoms with van der Waals surface area (Å²) in [5.41, 5.74) is 0.274. The number of hydrogen-bond acceptors (Lipinski definition) is 3. The number of carbonyl (C=O) groups is 2. The van der Waals surface area contributed by atoms with Gasteiger partial charge < -0.3 is 9.64 Å². The molecule has 0 fully saturated rings. The zero-order chi connectivity index (χ0) is 15.3. The monoisotopic (exact) mass is 281 g/mol. The Kier molecular flexibility index (Phi) is 5.67. The van der Waals surface area contributed by atoms with Crippen LogP contribution in [0.3, 0.4) is 0 Å². The highest BCUT2D eigenvalue weighted by molar-refractivity contribution is 5.94. The van der Waals surface area contributed by atoms with E-state index in [1.54, 1.807) is 13.0 Å². The van der Waals surface area contributed by atoms with Crippen molar-refractivity contribution in [3.05, 3.63) is 35.6 Å². The van der Waals surface area contributed by atoms with E-state index in [4.69, 9.17) is 0 Å². The summed E-state index contributed by atoms with van der Waals surface area (Å²) in [5.74, 6) is -1.56. The van der Waals surface area contributed by atoms with Gasteiger partial charge in [-0.15, -0.1) is 0 Å². The number of nitrogens with zero attached hydrogens (tertiary/aromatic N) is 1. The number of rotatable bonds is 5. The van der Waals surface area contributed by atoms with Crippen LogP contribution in [0, 0.1) is 11.7 Å². The molecule has 0 radical (unpaired) electrons. The molecule has 1 unspecified atom stereocenters. The number of halogens is 1. The van der Waals surface area contributed by atoms with Gasteiger partial charge in [-0.05, 0) is 32.0 Å². The van der Waals surface area contributed by atoms with Gasteiger partial charge in [0.15, 0.2) is 0 Å². The van der Waals surface area contributed by atoms with Crippen LogP contribution in [0.15, 0.2) is 24.3 Å². The Labute approximate surface area is 118 Å². The maximum absolute atomic E-state index is 13.2. The maximum Gasteiger partial charge on any atom is 0.310 e. The summed E-state index contributed by atoms with van der Waals surface area (Å²) in [4.78, 5) is 25.4. The molecule has 0 aliphatic rings. The van der Waals surface area contributed by atoms with E-state index < -0.39 is 11.7 Å². The Bertz CT molecular complexity index is 488. The zero-order valence-electron chi connectivity index (χ0n) is 12.2. The van der Waals surface area contributed by atoms with E-state index in [1.807, 2.05) is 13.8 Å². The van der Waals surface area contributed by atoms with Crippen LogP contribution in [0.1, 0.15) is 31.1 Å². The third kappa shape index (κ3) is 4.05. The second-order valence-electron chi connectivity index (χ2n) is 4.99. The van der Waals surface area contributed by atoms with Gasteiger partial charge in [-0.25, -0.2) is 4.39 Å². The molecule has 0 aliphatic heterocycles. The summed E-state index contributed by atoms with van der Waals surface area (Å²) in [6.07, 6.45) is 0. The summed E-state index contributed by atoms with van der Waals surface area (Å²) in [6.45, 7) is 5.63. The molecule has 1 aromatic carbocycles. The van der Waals surface area contributed by atoms with Crippen LogP contribution >= 0.6 is 0 Å². The van der Waals surface area contributed by atoms with Gasteiger partial charge in [0.2, 0.25) is 0 Å². The molecule has 1 aromatic rings. The molecule has 0 spiro atoms. The van der Waals surface area contributed by atoms with Crippen molar-refractivity contribution >= 4 is 11.9 Å². The van der Waals surface area contributed by atoms with Crippen LogP contribution in [-0.4, -0.2) is 36.5 Å². The van der Waals surface area contributed by atoms with Crippen molar-refractivity contribution in [2.45, 2.75) is 26.8 Å². The third-order valence-corrected chi connectivity index (χ3v) is 3.03. The van der Waals surface area contributed by atoms with Crippen molar-refractivity contribution in [2.24, 2.45) is 5.92 Å². The van der Waals surface area contributed by atoms with E-state index in [1.165, 1.54) is 30.2 Å². The molecular weight excluding hydrogens is 261 g/mol. The number of esters is 1. The van der Waals surface area contributed by atoms with Crippen LogP contribution in [0.25, 0.3) is 0 Å². The molecule has 0 aromatic heterocycles. The van der Waals surface area contributed by atoms with Gasteiger partial charge >= 0.3 is 5.97 Å². The molecule has 0 saturated carbocycles. The lowest BCUT2D eigenvalue weighted by Crippen LogP contribution is -2.41. The van der Waals surface area contributed by atoms with Gasteiger partial charge in [0.25, 0.3) is 5.91 Å². The largest absolute Gasteiger partial charge is 0.469 e. The minimum atomic E-state index is -0.458. The summed E-state index contributed by atoms with van der Waals surface area (Å²) < 4.78 is 17.9. The van der Waals surface area contributed by atoms with E-state index in [0.29, 0.717) is 0 Å². The first-order valence-electron chi connectivity index (χ1n) is 6.51. The first-order valence-corrected chi connectivity index (χ1v) is 6.51. The predicted molar refractivity (Wildman–Crippen MR) is 73.8 cm³/mol. The minimum Gasteiger partial charge on any atom is -0.469 e. The van der Waals surface area contributed by atoms with Crippen molar-refractivity contribution in [1.29, 1.82) is 0 Å². The Morgan fingerprint density at radius 2 is 1.95 bits per heavy atom. The van der Waals surface area contributed by atoms with Crippen LogP contribution in [-0.2, 0) is 9.53 Å². The molecule has 4 nitrogen and oxygen atoms in total. The van der Waals surface area contributed by atoms with Gasteiger partial charge in [0.05, 0.1) is 13.0 Å². The molecule has 1 amide bonds. The number of hydrogen-bond donors (Lipinski definition) is 0. The number of methoxy groups -OCH3 is 1. The van der Waals surface area contributed by atoms with Gasteiger partial charge in [-0.1, -0.05) is 13.0 Å². The highest BCUT2D eigenvalue weighted by Crippen LogP contribution is 2.13. The van der Waals surface area contributed by atoms with Gasteiger partial charge in [-0.2, -0.15) is 0 Å². The Hall–Kier alpha value is -1.91. The van der Waals surface area contributed by atoms with Crippen molar-refractivity contribution in [3.63, 3.8) is 0 Å². The lowest BCUT2D eigenvalue weighted by atomic mass is 10.1. The van der Waals surface area contributed by atoms with E-state index in [9.17, 15) is 14.0 Å². The van der Waals surface area contributed by atoms with E-state index in [-0.39, 0.29) is 30.0 Å². The molecule has 1 atom stereocenters. The SMILES string of the molecule is COC(=O)C(C)CN(C(=O)c1cccc(F)c1)C(C)C. The van der Waals surface area contributed by atoms with Crippen LogP contribution in [0.2, 0.25) is 0 Å². The third-order valence-electron chi connectivity index (χ3n) is 3.03. The first kappa shape index (κ1) is 16.1. The fourth-order valence-corrected chi connectivity index (χ4v) is 1.89. The van der Waals surface area contributed by atoms with Gasteiger partial charge in [0, 0.05) is 18.2 Å². The second kappa shape index (κ2) is 7.03.